The Morgan fingerprint density at radius 2 is 1.69 bits per heavy atom. The molecule has 6 heteroatoms. The van der Waals surface area contributed by atoms with Gasteiger partial charge in [-0.05, 0) is 94.4 Å². The van der Waals surface area contributed by atoms with E-state index in [-0.39, 0.29) is 16.7 Å². The van der Waals surface area contributed by atoms with Crippen LogP contribution < -0.4 is 10.4 Å². The number of hydrogen-bond acceptors (Lipinski definition) is 2. The van der Waals surface area contributed by atoms with Gasteiger partial charge in [-0.1, -0.05) is 63.9 Å². The third-order valence-electron chi connectivity index (χ3n) is 6.66. The van der Waals surface area contributed by atoms with Gasteiger partial charge in [0.05, 0.1) is 11.1 Å². The zero-order valence-corrected chi connectivity index (χ0v) is 21.7. The Kier molecular flexibility index (Phi) is 7.78. The summed E-state index contributed by atoms with van der Waals surface area (Å²) in [5.41, 5.74) is 3.47. The highest BCUT2D eigenvalue weighted by molar-refractivity contribution is 9.09. The van der Waals surface area contributed by atoms with Crippen LogP contribution in [-0.4, -0.2) is 27.5 Å². The molecule has 0 saturated heterocycles. The van der Waals surface area contributed by atoms with Gasteiger partial charge in [0.25, 0.3) is 0 Å². The van der Waals surface area contributed by atoms with E-state index in [0.29, 0.717) is 5.92 Å². The summed E-state index contributed by atoms with van der Waals surface area (Å²) < 4.78 is 0. The SMILES string of the molecule is Cc1c(C(=O)O)cccc1C(=O)O.Clc1ccc2c(c1)=CC(CCBr)c1c3c(ccc1=2)=CCCC3. The Labute approximate surface area is 217 Å². The molecule has 0 fully saturated rings. The minimum Gasteiger partial charge on any atom is -0.478 e. The predicted octanol–water partition coefficient (Wildman–Crippen LogP) is 5.80. The zero-order chi connectivity index (χ0) is 25.1. The van der Waals surface area contributed by atoms with Crippen LogP contribution in [0.2, 0.25) is 5.02 Å². The Balaban J connectivity index is 0.000000191. The van der Waals surface area contributed by atoms with Gasteiger partial charge in [0.2, 0.25) is 0 Å². The van der Waals surface area contributed by atoms with Crippen LogP contribution in [0.25, 0.3) is 12.2 Å². The van der Waals surface area contributed by atoms with Crippen molar-refractivity contribution in [3.8, 4) is 0 Å². The van der Waals surface area contributed by atoms with E-state index in [1.807, 2.05) is 6.07 Å². The fourth-order valence-corrected chi connectivity index (χ4v) is 5.68. The second-order valence-electron chi connectivity index (χ2n) is 8.76. The van der Waals surface area contributed by atoms with Crippen LogP contribution in [0.3, 0.4) is 0 Å². The Hall–Kier alpha value is -2.89. The first kappa shape index (κ1) is 25.2. The molecule has 0 saturated carbocycles. The van der Waals surface area contributed by atoms with Crippen LogP contribution in [-0.2, 0) is 6.42 Å². The van der Waals surface area contributed by atoms with Gasteiger partial charge in [0, 0.05) is 16.3 Å². The molecule has 1 atom stereocenters. The van der Waals surface area contributed by atoms with Crippen molar-refractivity contribution >= 4 is 51.6 Å². The number of alkyl halides is 1. The molecule has 3 aromatic rings. The lowest BCUT2D eigenvalue weighted by molar-refractivity contribution is 0.0696. The predicted molar refractivity (Wildman–Crippen MR) is 143 cm³/mol. The molecule has 35 heavy (non-hydrogen) atoms. The van der Waals surface area contributed by atoms with E-state index in [9.17, 15) is 9.59 Å². The fraction of sp³-hybridized carbons (Fsp3) is 0.241. The number of rotatable bonds is 4. The highest BCUT2D eigenvalue weighted by Gasteiger charge is 2.19. The third-order valence-corrected chi connectivity index (χ3v) is 7.35. The number of hydrogen-bond donors (Lipinski definition) is 2. The molecule has 5 rings (SSSR count). The molecule has 0 amide bonds. The summed E-state index contributed by atoms with van der Waals surface area (Å²) in [7, 11) is 0. The normalized spacial score (nSPS) is 15.2. The molecule has 0 spiro atoms. The molecular weight excluding hydrogens is 528 g/mol. The number of benzene rings is 3. The molecule has 0 aliphatic heterocycles. The third kappa shape index (κ3) is 5.21. The molecule has 2 aliphatic rings. The second-order valence-corrected chi connectivity index (χ2v) is 9.99. The van der Waals surface area contributed by atoms with Crippen LogP contribution in [0.15, 0.2) is 48.5 Å². The van der Waals surface area contributed by atoms with Crippen molar-refractivity contribution in [3.63, 3.8) is 0 Å². The van der Waals surface area contributed by atoms with Crippen molar-refractivity contribution in [2.24, 2.45) is 0 Å². The van der Waals surface area contributed by atoms with E-state index in [1.54, 1.807) is 11.1 Å². The van der Waals surface area contributed by atoms with Crippen molar-refractivity contribution in [2.45, 2.75) is 38.5 Å². The summed E-state index contributed by atoms with van der Waals surface area (Å²) in [6, 6.07) is 15.1. The second kappa shape index (κ2) is 10.8. The average molecular weight is 554 g/mol. The van der Waals surface area contributed by atoms with Crippen LogP contribution in [0.5, 0.6) is 0 Å². The molecule has 0 heterocycles. The minimum atomic E-state index is -1.11. The smallest absolute Gasteiger partial charge is 0.335 e. The van der Waals surface area contributed by atoms with E-state index in [1.165, 1.54) is 65.3 Å². The van der Waals surface area contributed by atoms with E-state index in [4.69, 9.17) is 21.8 Å². The standard InChI is InChI=1S/C20H18BrCl.C9H8O4/c21-10-9-14-11-15-12-16(22)6-8-17(15)19-7-5-13-3-1-2-4-18(13)20(14)19;1-5-6(8(10)11)3-2-4-7(5)9(12)13/h3,5-8,11-12,14H,1-2,4,9-10H2;2-4H,1H3,(H,10,11)(H,12,13). The Bertz CT molecular complexity index is 1500. The van der Waals surface area contributed by atoms with Gasteiger partial charge in [-0.25, -0.2) is 9.59 Å². The first-order valence-corrected chi connectivity index (χ1v) is 13.1. The molecule has 180 valence electrons. The maximum atomic E-state index is 10.6. The molecule has 0 aromatic heterocycles. The van der Waals surface area contributed by atoms with E-state index < -0.39 is 11.9 Å². The molecule has 0 bridgehead atoms. The summed E-state index contributed by atoms with van der Waals surface area (Å²) >= 11 is 9.84. The van der Waals surface area contributed by atoms with Gasteiger partial charge in [0.15, 0.2) is 0 Å². The first-order valence-electron chi connectivity index (χ1n) is 11.6. The Morgan fingerprint density at radius 1 is 1.00 bits per heavy atom. The van der Waals surface area contributed by atoms with Crippen LogP contribution in [0.4, 0.5) is 0 Å². The van der Waals surface area contributed by atoms with Gasteiger partial charge < -0.3 is 10.2 Å². The molecule has 0 radical (unpaired) electrons. The average Bonchev–Trinajstić information content (AvgIpc) is 2.83. The van der Waals surface area contributed by atoms with E-state index >= 15 is 0 Å². The van der Waals surface area contributed by atoms with Crippen molar-refractivity contribution in [2.75, 3.05) is 5.33 Å². The van der Waals surface area contributed by atoms with Crippen molar-refractivity contribution in [1.29, 1.82) is 0 Å². The van der Waals surface area contributed by atoms with Gasteiger partial charge in [-0.15, -0.1) is 0 Å². The summed E-state index contributed by atoms with van der Waals surface area (Å²) in [6.07, 6.45) is 9.66. The molecule has 1 unspecified atom stereocenters. The summed E-state index contributed by atoms with van der Waals surface area (Å²) in [6.45, 7) is 1.48. The maximum absolute atomic E-state index is 10.6. The number of carboxylic acid groups (broad SMARTS) is 2. The van der Waals surface area contributed by atoms with Crippen molar-refractivity contribution in [3.05, 3.63) is 102 Å². The number of halogens is 2. The molecule has 3 aromatic carbocycles. The molecule has 2 aliphatic carbocycles. The monoisotopic (exact) mass is 552 g/mol. The molecule has 2 N–H and O–H groups in total. The lowest BCUT2D eigenvalue weighted by Gasteiger charge is -2.23. The van der Waals surface area contributed by atoms with Crippen molar-refractivity contribution < 1.29 is 19.8 Å². The van der Waals surface area contributed by atoms with Crippen LogP contribution in [0, 0.1) is 17.4 Å². The minimum absolute atomic E-state index is 0.0277. The largest absolute Gasteiger partial charge is 0.478 e. The summed E-state index contributed by atoms with van der Waals surface area (Å²) in [5.74, 6) is -1.73. The number of fused-ring (bicyclic) bond motifs is 4. The maximum Gasteiger partial charge on any atom is 0.335 e. The quantitative estimate of drug-likeness (QED) is 0.401. The van der Waals surface area contributed by atoms with Gasteiger partial charge >= 0.3 is 11.9 Å². The van der Waals surface area contributed by atoms with Gasteiger partial charge in [-0.3, -0.25) is 0 Å². The van der Waals surface area contributed by atoms with Crippen molar-refractivity contribution in [1.82, 2.24) is 0 Å². The number of aromatic carboxylic acids is 2. The van der Waals surface area contributed by atoms with Gasteiger partial charge in [0.1, 0.15) is 0 Å². The number of carboxylic acids is 2. The lowest BCUT2D eigenvalue weighted by Crippen LogP contribution is -2.22. The van der Waals surface area contributed by atoms with Crippen LogP contribution in [0.1, 0.15) is 62.6 Å². The summed E-state index contributed by atoms with van der Waals surface area (Å²) in [5, 5.41) is 24.7. The lowest BCUT2D eigenvalue weighted by atomic mass is 9.82. The number of carbonyl (C=O) groups is 2. The molecule has 4 nitrogen and oxygen atoms in total. The first-order chi connectivity index (χ1) is 16.8. The van der Waals surface area contributed by atoms with E-state index in [2.05, 4.69) is 52.3 Å². The topological polar surface area (TPSA) is 74.6 Å². The molecular formula is C29H26BrClO4. The Morgan fingerprint density at radius 3 is 2.34 bits per heavy atom. The highest BCUT2D eigenvalue weighted by atomic mass is 79.9. The highest BCUT2D eigenvalue weighted by Crippen LogP contribution is 2.30. The summed E-state index contributed by atoms with van der Waals surface area (Å²) in [4.78, 5) is 21.2. The van der Waals surface area contributed by atoms with Gasteiger partial charge in [-0.2, -0.15) is 0 Å². The van der Waals surface area contributed by atoms with E-state index in [0.717, 1.165) is 16.8 Å². The fourth-order valence-electron chi connectivity index (χ4n) is 5.01. The van der Waals surface area contributed by atoms with Crippen LogP contribution >= 0.6 is 27.5 Å². The zero-order valence-electron chi connectivity index (χ0n) is 19.4.